The summed E-state index contributed by atoms with van der Waals surface area (Å²) in [6.45, 7) is 1.59. The standard InChI is InChI=1S/C21H16ClN3O3/c1-13-8-16(22)6-7-18(13)24-21(28)14(10-23)9-15-11-25(12-20(26)27)19-5-3-2-4-17(15)19/h2-9,11H,12H2,1H3,(H,24,28)(H,26,27). The smallest absolute Gasteiger partial charge is 0.323 e. The normalized spacial score (nSPS) is 11.2. The van der Waals surface area contributed by atoms with Crippen molar-refractivity contribution in [3.63, 3.8) is 0 Å². The van der Waals surface area contributed by atoms with E-state index in [9.17, 15) is 14.9 Å². The third kappa shape index (κ3) is 4.05. The molecule has 0 aliphatic rings. The Balaban J connectivity index is 1.97. The van der Waals surface area contributed by atoms with Crippen LogP contribution in [-0.4, -0.2) is 21.6 Å². The first-order valence-corrected chi connectivity index (χ1v) is 8.76. The third-order valence-corrected chi connectivity index (χ3v) is 4.46. The summed E-state index contributed by atoms with van der Waals surface area (Å²) in [5.41, 5.74) is 2.55. The number of fused-ring (bicyclic) bond motifs is 1. The van der Waals surface area contributed by atoms with Crippen LogP contribution in [0, 0.1) is 18.3 Å². The summed E-state index contributed by atoms with van der Waals surface area (Å²) in [4.78, 5) is 23.7. The van der Waals surface area contributed by atoms with Gasteiger partial charge in [0.2, 0.25) is 0 Å². The van der Waals surface area contributed by atoms with Crippen LogP contribution in [-0.2, 0) is 16.1 Å². The van der Waals surface area contributed by atoms with Gasteiger partial charge in [0, 0.05) is 33.4 Å². The maximum absolute atomic E-state index is 12.6. The molecule has 0 radical (unpaired) electrons. The lowest BCUT2D eigenvalue weighted by atomic mass is 10.1. The molecule has 0 atom stereocenters. The van der Waals surface area contributed by atoms with Gasteiger partial charge in [-0.3, -0.25) is 9.59 Å². The van der Waals surface area contributed by atoms with Gasteiger partial charge in [0.15, 0.2) is 0 Å². The van der Waals surface area contributed by atoms with Gasteiger partial charge >= 0.3 is 5.97 Å². The fourth-order valence-electron chi connectivity index (χ4n) is 2.93. The molecule has 3 rings (SSSR count). The van der Waals surface area contributed by atoms with E-state index in [0.717, 1.165) is 10.9 Å². The predicted molar refractivity (Wildman–Crippen MR) is 108 cm³/mol. The topological polar surface area (TPSA) is 95.1 Å². The Morgan fingerprint density at radius 3 is 2.71 bits per heavy atom. The fourth-order valence-corrected chi connectivity index (χ4v) is 3.15. The van der Waals surface area contributed by atoms with Crippen LogP contribution < -0.4 is 5.32 Å². The van der Waals surface area contributed by atoms with Gasteiger partial charge in [-0.25, -0.2) is 0 Å². The van der Waals surface area contributed by atoms with Crippen LogP contribution in [0.1, 0.15) is 11.1 Å². The molecule has 6 nitrogen and oxygen atoms in total. The summed E-state index contributed by atoms with van der Waals surface area (Å²) >= 11 is 5.92. The molecular formula is C21H16ClN3O3. The van der Waals surface area contributed by atoms with Crippen molar-refractivity contribution in [1.29, 1.82) is 5.26 Å². The highest BCUT2D eigenvalue weighted by Gasteiger charge is 2.14. The van der Waals surface area contributed by atoms with Crippen molar-refractivity contribution < 1.29 is 14.7 Å². The number of rotatable bonds is 5. The number of para-hydroxylation sites is 1. The lowest BCUT2D eigenvalue weighted by Crippen LogP contribution is -2.14. The predicted octanol–water partition coefficient (Wildman–Crippen LogP) is 4.23. The lowest BCUT2D eigenvalue weighted by molar-refractivity contribution is -0.137. The molecule has 1 amide bonds. The van der Waals surface area contributed by atoms with Gasteiger partial charge in [-0.15, -0.1) is 0 Å². The molecule has 0 aliphatic carbocycles. The number of halogens is 1. The number of aromatic nitrogens is 1. The summed E-state index contributed by atoms with van der Waals surface area (Å²) in [6.07, 6.45) is 3.08. The van der Waals surface area contributed by atoms with Gasteiger partial charge in [-0.1, -0.05) is 29.8 Å². The first kappa shape index (κ1) is 19.2. The number of carbonyl (C=O) groups excluding carboxylic acids is 1. The Morgan fingerprint density at radius 1 is 1.29 bits per heavy atom. The Labute approximate surface area is 166 Å². The van der Waals surface area contributed by atoms with Crippen LogP contribution in [0.3, 0.4) is 0 Å². The maximum Gasteiger partial charge on any atom is 0.323 e. The number of aliphatic carboxylic acids is 1. The van der Waals surface area contributed by atoms with Crippen molar-refractivity contribution in [2.75, 3.05) is 5.32 Å². The van der Waals surface area contributed by atoms with Crippen molar-refractivity contribution in [3.05, 3.63) is 70.4 Å². The van der Waals surface area contributed by atoms with Crippen LogP contribution in [0.25, 0.3) is 17.0 Å². The molecule has 0 bridgehead atoms. The highest BCUT2D eigenvalue weighted by Crippen LogP contribution is 2.25. The SMILES string of the molecule is Cc1cc(Cl)ccc1NC(=O)C(C#N)=Cc1cn(CC(=O)O)c2ccccc12. The van der Waals surface area contributed by atoms with Crippen LogP contribution in [0.5, 0.6) is 0 Å². The van der Waals surface area contributed by atoms with E-state index in [2.05, 4.69) is 5.32 Å². The number of amides is 1. The zero-order chi connectivity index (χ0) is 20.3. The molecule has 0 spiro atoms. The minimum Gasteiger partial charge on any atom is -0.480 e. The van der Waals surface area contributed by atoms with Crippen molar-refractivity contribution in [2.24, 2.45) is 0 Å². The van der Waals surface area contributed by atoms with Gasteiger partial charge in [0.05, 0.1) is 0 Å². The molecule has 2 N–H and O–H groups in total. The van der Waals surface area contributed by atoms with Gasteiger partial charge in [0.1, 0.15) is 18.2 Å². The summed E-state index contributed by atoms with van der Waals surface area (Å²) in [6, 6.07) is 14.2. The largest absolute Gasteiger partial charge is 0.480 e. The molecule has 1 aromatic heterocycles. The summed E-state index contributed by atoms with van der Waals surface area (Å²) in [5, 5.41) is 22.6. The molecule has 7 heteroatoms. The number of carbonyl (C=O) groups is 2. The zero-order valence-corrected chi connectivity index (χ0v) is 15.7. The second-order valence-corrected chi connectivity index (χ2v) is 6.64. The number of nitrogens with one attached hydrogen (secondary N) is 1. The fraction of sp³-hybridized carbons (Fsp3) is 0.0952. The molecule has 1 heterocycles. The van der Waals surface area contributed by atoms with Crippen LogP contribution >= 0.6 is 11.6 Å². The number of nitrogens with zero attached hydrogens (tertiary/aromatic N) is 2. The minimum atomic E-state index is -0.979. The van der Waals surface area contributed by atoms with Gasteiger partial charge in [-0.05, 0) is 42.8 Å². The van der Waals surface area contributed by atoms with Crippen molar-refractivity contribution in [1.82, 2.24) is 4.57 Å². The minimum absolute atomic E-state index is 0.0902. The molecule has 28 heavy (non-hydrogen) atoms. The van der Waals surface area contributed by atoms with Crippen molar-refractivity contribution in [3.8, 4) is 6.07 Å². The summed E-state index contributed by atoms with van der Waals surface area (Å²) in [5.74, 6) is -1.53. The Kier molecular flexibility index (Phi) is 5.48. The van der Waals surface area contributed by atoms with E-state index in [0.29, 0.717) is 21.8 Å². The molecule has 0 unspecified atom stereocenters. The quantitative estimate of drug-likeness (QED) is 0.500. The highest BCUT2D eigenvalue weighted by atomic mass is 35.5. The van der Waals surface area contributed by atoms with Gasteiger partial charge in [-0.2, -0.15) is 5.26 Å². The first-order chi connectivity index (χ1) is 13.4. The van der Waals surface area contributed by atoms with E-state index in [-0.39, 0.29) is 12.1 Å². The molecule has 3 aromatic rings. The van der Waals surface area contributed by atoms with Crippen LogP contribution in [0.4, 0.5) is 5.69 Å². The van der Waals surface area contributed by atoms with Gasteiger partial charge < -0.3 is 15.0 Å². The number of anilines is 1. The second kappa shape index (κ2) is 7.99. The number of carboxylic acids is 1. The van der Waals surface area contributed by atoms with E-state index in [1.165, 1.54) is 6.08 Å². The van der Waals surface area contributed by atoms with E-state index >= 15 is 0 Å². The van der Waals surface area contributed by atoms with Crippen LogP contribution in [0.15, 0.2) is 54.2 Å². The van der Waals surface area contributed by atoms with Crippen molar-refractivity contribution in [2.45, 2.75) is 13.5 Å². The lowest BCUT2D eigenvalue weighted by Gasteiger charge is -2.08. The van der Waals surface area contributed by atoms with Gasteiger partial charge in [0.25, 0.3) is 5.91 Å². The number of hydrogen-bond acceptors (Lipinski definition) is 3. The van der Waals surface area contributed by atoms with Crippen LogP contribution in [0.2, 0.25) is 5.02 Å². The number of benzene rings is 2. The molecule has 0 aliphatic heterocycles. The number of nitriles is 1. The van der Waals surface area contributed by atoms with E-state index in [4.69, 9.17) is 16.7 Å². The Hall–Kier alpha value is -3.56. The molecule has 0 fully saturated rings. The maximum atomic E-state index is 12.6. The molecule has 2 aromatic carbocycles. The first-order valence-electron chi connectivity index (χ1n) is 8.38. The zero-order valence-electron chi connectivity index (χ0n) is 14.9. The number of aryl methyl sites for hydroxylation is 1. The molecule has 0 saturated heterocycles. The molecule has 0 saturated carbocycles. The van der Waals surface area contributed by atoms with E-state index in [1.54, 1.807) is 48.0 Å². The number of hydrogen-bond donors (Lipinski definition) is 2. The third-order valence-electron chi connectivity index (χ3n) is 4.23. The average molecular weight is 394 g/mol. The Morgan fingerprint density at radius 2 is 2.04 bits per heavy atom. The van der Waals surface area contributed by atoms with Crippen molar-refractivity contribution >= 4 is 46.1 Å². The number of carboxylic acid groups (broad SMARTS) is 1. The Bertz CT molecular complexity index is 1160. The monoisotopic (exact) mass is 393 g/mol. The second-order valence-electron chi connectivity index (χ2n) is 6.21. The highest BCUT2D eigenvalue weighted by molar-refractivity contribution is 6.30. The van der Waals surface area contributed by atoms with E-state index < -0.39 is 11.9 Å². The van der Waals surface area contributed by atoms with E-state index in [1.807, 2.05) is 18.2 Å². The summed E-state index contributed by atoms with van der Waals surface area (Å²) in [7, 11) is 0. The molecular weight excluding hydrogens is 378 g/mol. The average Bonchev–Trinajstić information content (AvgIpc) is 2.99. The summed E-state index contributed by atoms with van der Waals surface area (Å²) < 4.78 is 1.57. The molecule has 140 valence electrons.